The van der Waals surface area contributed by atoms with Crippen molar-refractivity contribution in [1.29, 1.82) is 0 Å². The van der Waals surface area contributed by atoms with Gasteiger partial charge in [-0.3, -0.25) is 4.90 Å². The van der Waals surface area contributed by atoms with Gasteiger partial charge in [-0.1, -0.05) is 19.3 Å². The third-order valence-corrected chi connectivity index (χ3v) is 3.69. The van der Waals surface area contributed by atoms with Crippen molar-refractivity contribution in [1.82, 2.24) is 10.2 Å². The van der Waals surface area contributed by atoms with Crippen molar-refractivity contribution in [3.63, 3.8) is 0 Å². The fourth-order valence-electron chi connectivity index (χ4n) is 2.70. The fourth-order valence-corrected chi connectivity index (χ4v) is 2.70. The second-order valence-electron chi connectivity index (χ2n) is 5.11. The van der Waals surface area contributed by atoms with Crippen LogP contribution in [0.4, 0.5) is 0 Å². The molecule has 1 N–H and O–H groups in total. The first-order valence-electron chi connectivity index (χ1n) is 6.61. The molecule has 0 bridgehead atoms. The Labute approximate surface area is 101 Å². The summed E-state index contributed by atoms with van der Waals surface area (Å²) in [6.45, 7) is 3.07. The van der Waals surface area contributed by atoms with E-state index in [0.29, 0.717) is 6.04 Å². The van der Waals surface area contributed by atoms with Gasteiger partial charge in [0.1, 0.15) is 0 Å². The van der Waals surface area contributed by atoms with Crippen molar-refractivity contribution < 1.29 is 4.74 Å². The van der Waals surface area contributed by atoms with Crippen LogP contribution in [0.2, 0.25) is 0 Å². The van der Waals surface area contributed by atoms with Crippen LogP contribution in [0.25, 0.3) is 0 Å². The lowest BCUT2D eigenvalue weighted by molar-refractivity contribution is 0.0913. The third-order valence-electron chi connectivity index (χ3n) is 3.69. The molecule has 0 amide bonds. The molecule has 1 saturated carbocycles. The predicted molar refractivity (Wildman–Crippen MR) is 68.8 cm³/mol. The maximum atomic E-state index is 5.29. The average molecular weight is 228 g/mol. The summed E-state index contributed by atoms with van der Waals surface area (Å²) in [5.74, 6) is 0.912. The summed E-state index contributed by atoms with van der Waals surface area (Å²) >= 11 is 0. The minimum atomic E-state index is 0.511. The van der Waals surface area contributed by atoms with E-state index < -0.39 is 0 Å². The number of nitrogens with zero attached hydrogens (tertiary/aromatic N) is 1. The van der Waals surface area contributed by atoms with Crippen LogP contribution in [0.5, 0.6) is 0 Å². The largest absolute Gasteiger partial charge is 0.383 e. The first-order chi connectivity index (χ1) is 7.77. The van der Waals surface area contributed by atoms with Crippen LogP contribution in [0.3, 0.4) is 0 Å². The molecule has 0 aromatic heterocycles. The van der Waals surface area contributed by atoms with Gasteiger partial charge in [-0.15, -0.1) is 0 Å². The summed E-state index contributed by atoms with van der Waals surface area (Å²) in [6.07, 6.45) is 7.14. The highest BCUT2D eigenvalue weighted by molar-refractivity contribution is 4.75. The van der Waals surface area contributed by atoms with Crippen molar-refractivity contribution >= 4 is 0 Å². The molecule has 0 heterocycles. The predicted octanol–water partition coefficient (Wildman–Crippen LogP) is 1.73. The number of hydrogen-bond donors (Lipinski definition) is 1. The second kappa shape index (κ2) is 8.04. The van der Waals surface area contributed by atoms with Gasteiger partial charge in [0, 0.05) is 26.2 Å². The van der Waals surface area contributed by atoms with Crippen LogP contribution in [-0.2, 0) is 4.74 Å². The molecule has 0 radical (unpaired) electrons. The molecular formula is C13H28N2O. The van der Waals surface area contributed by atoms with Crippen molar-refractivity contribution in [3.8, 4) is 0 Å². The van der Waals surface area contributed by atoms with Gasteiger partial charge in [-0.2, -0.15) is 0 Å². The molecule has 0 aliphatic heterocycles. The molecule has 0 aromatic carbocycles. The van der Waals surface area contributed by atoms with Gasteiger partial charge in [0.05, 0.1) is 6.61 Å². The van der Waals surface area contributed by atoms with E-state index in [2.05, 4.69) is 17.3 Å². The molecule has 96 valence electrons. The molecule has 0 spiro atoms. The zero-order valence-electron chi connectivity index (χ0n) is 11.2. The fraction of sp³-hybridized carbons (Fsp3) is 1.00. The van der Waals surface area contributed by atoms with Crippen LogP contribution in [0, 0.1) is 5.92 Å². The Bertz CT molecular complexity index is 163. The van der Waals surface area contributed by atoms with Crippen molar-refractivity contribution in [2.45, 2.75) is 38.1 Å². The molecule has 3 heteroatoms. The van der Waals surface area contributed by atoms with E-state index in [1.807, 2.05) is 7.05 Å². The van der Waals surface area contributed by atoms with Crippen LogP contribution in [0.15, 0.2) is 0 Å². The quantitative estimate of drug-likeness (QED) is 0.718. The van der Waals surface area contributed by atoms with E-state index in [-0.39, 0.29) is 0 Å². The minimum Gasteiger partial charge on any atom is -0.383 e. The summed E-state index contributed by atoms with van der Waals surface area (Å²) in [5, 5.41) is 3.25. The van der Waals surface area contributed by atoms with Gasteiger partial charge in [0.25, 0.3) is 0 Å². The highest BCUT2D eigenvalue weighted by atomic mass is 16.5. The zero-order chi connectivity index (χ0) is 11.8. The minimum absolute atomic E-state index is 0.511. The summed E-state index contributed by atoms with van der Waals surface area (Å²) in [6, 6.07) is 0.511. The van der Waals surface area contributed by atoms with E-state index in [4.69, 9.17) is 4.74 Å². The standard InChI is InChI=1S/C13H28N2O/c1-14-9-13(11-16-3)15(2)10-12-7-5-4-6-8-12/h12-14H,4-11H2,1-3H3. The maximum Gasteiger partial charge on any atom is 0.0630 e. The van der Waals surface area contributed by atoms with E-state index in [9.17, 15) is 0 Å². The molecule has 1 unspecified atom stereocenters. The lowest BCUT2D eigenvalue weighted by Crippen LogP contribution is -2.44. The Morgan fingerprint density at radius 2 is 2.00 bits per heavy atom. The molecule has 1 aliphatic carbocycles. The highest BCUT2D eigenvalue weighted by Crippen LogP contribution is 2.24. The smallest absolute Gasteiger partial charge is 0.0630 e. The van der Waals surface area contributed by atoms with Gasteiger partial charge in [0.2, 0.25) is 0 Å². The molecule has 1 aliphatic rings. The number of rotatable bonds is 7. The van der Waals surface area contributed by atoms with Gasteiger partial charge < -0.3 is 10.1 Å². The van der Waals surface area contributed by atoms with E-state index in [1.54, 1.807) is 7.11 Å². The molecule has 1 fully saturated rings. The average Bonchev–Trinajstić information content (AvgIpc) is 2.30. The first-order valence-corrected chi connectivity index (χ1v) is 6.61. The topological polar surface area (TPSA) is 24.5 Å². The van der Waals surface area contributed by atoms with Crippen LogP contribution in [0.1, 0.15) is 32.1 Å². The number of methoxy groups -OCH3 is 1. The van der Waals surface area contributed by atoms with E-state index in [0.717, 1.165) is 19.1 Å². The molecule has 16 heavy (non-hydrogen) atoms. The highest BCUT2D eigenvalue weighted by Gasteiger charge is 2.19. The Hall–Kier alpha value is -0.120. The van der Waals surface area contributed by atoms with Crippen LogP contribution >= 0.6 is 0 Å². The van der Waals surface area contributed by atoms with Gasteiger partial charge >= 0.3 is 0 Å². The van der Waals surface area contributed by atoms with Crippen molar-refractivity contribution in [2.24, 2.45) is 5.92 Å². The molecule has 1 rings (SSSR count). The Kier molecular flexibility index (Phi) is 7.01. The van der Waals surface area contributed by atoms with Crippen LogP contribution < -0.4 is 5.32 Å². The zero-order valence-corrected chi connectivity index (χ0v) is 11.2. The SMILES string of the molecule is CNCC(COC)N(C)CC1CCCCC1. The van der Waals surface area contributed by atoms with E-state index in [1.165, 1.54) is 38.6 Å². The molecule has 3 nitrogen and oxygen atoms in total. The number of nitrogens with one attached hydrogen (secondary N) is 1. The summed E-state index contributed by atoms with van der Waals surface area (Å²) < 4.78 is 5.29. The van der Waals surface area contributed by atoms with Gasteiger partial charge in [-0.25, -0.2) is 0 Å². The first kappa shape index (κ1) is 13.9. The Morgan fingerprint density at radius 1 is 1.31 bits per heavy atom. The van der Waals surface area contributed by atoms with Crippen molar-refractivity contribution in [2.75, 3.05) is 40.9 Å². The van der Waals surface area contributed by atoms with Crippen LogP contribution in [-0.4, -0.2) is 51.8 Å². The van der Waals surface area contributed by atoms with Gasteiger partial charge in [-0.05, 0) is 32.9 Å². The normalized spacial score (nSPS) is 20.2. The summed E-state index contributed by atoms with van der Waals surface area (Å²) in [7, 11) is 6.03. The second-order valence-corrected chi connectivity index (χ2v) is 5.11. The molecule has 0 aromatic rings. The lowest BCUT2D eigenvalue weighted by Gasteiger charge is -2.32. The summed E-state index contributed by atoms with van der Waals surface area (Å²) in [4.78, 5) is 2.47. The monoisotopic (exact) mass is 228 g/mol. The number of likely N-dealkylation sites (N-methyl/N-ethyl adjacent to an activating group) is 2. The van der Waals surface area contributed by atoms with E-state index >= 15 is 0 Å². The maximum absolute atomic E-state index is 5.29. The number of ether oxygens (including phenoxy) is 1. The third kappa shape index (κ3) is 4.81. The van der Waals surface area contributed by atoms with Crippen molar-refractivity contribution in [3.05, 3.63) is 0 Å². The molecular weight excluding hydrogens is 200 g/mol. The lowest BCUT2D eigenvalue weighted by atomic mass is 9.89. The Balaban J connectivity index is 2.31. The van der Waals surface area contributed by atoms with Gasteiger partial charge in [0.15, 0.2) is 0 Å². The molecule has 1 atom stereocenters. The Morgan fingerprint density at radius 3 is 2.56 bits per heavy atom. The summed E-state index contributed by atoms with van der Waals surface area (Å²) in [5.41, 5.74) is 0. The molecule has 0 saturated heterocycles. The number of hydrogen-bond acceptors (Lipinski definition) is 3.